The van der Waals surface area contributed by atoms with Gasteiger partial charge in [0.1, 0.15) is 0 Å². The number of anilines is 1. The number of hydrogen-bond donors (Lipinski definition) is 2. The minimum absolute atomic E-state index is 0.140. The molecule has 3 aromatic rings. The van der Waals surface area contributed by atoms with Crippen molar-refractivity contribution in [1.29, 1.82) is 0 Å². The predicted octanol–water partition coefficient (Wildman–Crippen LogP) is 3.72. The van der Waals surface area contributed by atoms with E-state index in [2.05, 4.69) is 10.3 Å². The van der Waals surface area contributed by atoms with Crippen LogP contribution in [0, 0.1) is 0 Å². The van der Waals surface area contributed by atoms with E-state index in [1.807, 2.05) is 30.5 Å². The van der Waals surface area contributed by atoms with E-state index < -0.39 is 10.0 Å². The van der Waals surface area contributed by atoms with Crippen molar-refractivity contribution in [3.05, 3.63) is 64.8 Å². The Morgan fingerprint density at radius 3 is 2.79 bits per heavy atom. The fourth-order valence-corrected chi connectivity index (χ4v) is 5.56. The number of rotatable bonds is 5. The number of carbonyl (C=O) groups excluding carboxylic acids is 1. The molecule has 2 N–H and O–H groups in total. The van der Waals surface area contributed by atoms with Crippen LogP contribution in [0.1, 0.15) is 28.8 Å². The lowest BCUT2D eigenvalue weighted by atomic mass is 10.1. The summed E-state index contributed by atoms with van der Waals surface area (Å²) in [5.41, 5.74) is 3.05. The van der Waals surface area contributed by atoms with Crippen molar-refractivity contribution >= 4 is 44.1 Å². The second-order valence-electron chi connectivity index (χ2n) is 7.12. The van der Waals surface area contributed by atoms with Crippen LogP contribution in [0.25, 0.3) is 10.9 Å². The summed E-state index contributed by atoms with van der Waals surface area (Å²) in [4.78, 5) is 15.8. The lowest BCUT2D eigenvalue weighted by molar-refractivity contribution is 0.0954. The van der Waals surface area contributed by atoms with Crippen LogP contribution < -0.4 is 9.62 Å². The van der Waals surface area contributed by atoms with Crippen molar-refractivity contribution < 1.29 is 13.2 Å². The average Bonchev–Trinajstić information content (AvgIpc) is 3.11. The van der Waals surface area contributed by atoms with E-state index in [0.29, 0.717) is 37.2 Å². The quantitative estimate of drug-likeness (QED) is 0.645. The zero-order valence-corrected chi connectivity index (χ0v) is 17.4. The third-order valence-corrected chi connectivity index (χ3v) is 7.37. The van der Waals surface area contributed by atoms with E-state index >= 15 is 0 Å². The van der Waals surface area contributed by atoms with Gasteiger partial charge in [0, 0.05) is 30.2 Å². The van der Waals surface area contributed by atoms with Gasteiger partial charge in [0.2, 0.25) is 10.0 Å². The molecule has 2 heterocycles. The molecule has 6 nitrogen and oxygen atoms in total. The zero-order chi connectivity index (χ0) is 20.4. The minimum Gasteiger partial charge on any atom is -0.361 e. The molecule has 152 valence electrons. The molecule has 1 aromatic heterocycles. The van der Waals surface area contributed by atoms with Crippen LogP contribution in [0.15, 0.2) is 48.7 Å². The molecule has 8 heteroatoms. The predicted molar refractivity (Wildman–Crippen MR) is 116 cm³/mol. The van der Waals surface area contributed by atoms with Gasteiger partial charge in [-0.3, -0.25) is 9.10 Å². The molecule has 2 aromatic carbocycles. The molecule has 1 aliphatic rings. The lowest BCUT2D eigenvalue weighted by Gasteiger charge is -2.28. The molecule has 0 unspecified atom stereocenters. The molecule has 1 amide bonds. The van der Waals surface area contributed by atoms with E-state index in [0.717, 1.165) is 22.9 Å². The molecule has 1 aliphatic heterocycles. The number of aromatic nitrogens is 1. The topological polar surface area (TPSA) is 82.3 Å². The number of carbonyl (C=O) groups is 1. The van der Waals surface area contributed by atoms with Gasteiger partial charge in [0.05, 0.1) is 22.0 Å². The molecular weight excluding hydrogens is 410 g/mol. The Bertz CT molecular complexity index is 1160. The van der Waals surface area contributed by atoms with Crippen molar-refractivity contribution in [2.75, 3.05) is 23.1 Å². The monoisotopic (exact) mass is 431 g/mol. The van der Waals surface area contributed by atoms with Gasteiger partial charge in [-0.05, 0) is 49.1 Å². The number of benzene rings is 2. The third kappa shape index (κ3) is 4.11. The Balaban J connectivity index is 1.42. The first-order valence-corrected chi connectivity index (χ1v) is 11.6. The number of aromatic amines is 1. The molecule has 0 aliphatic carbocycles. The number of H-pyrrole nitrogens is 1. The molecule has 1 saturated heterocycles. The molecule has 0 saturated carbocycles. The highest BCUT2D eigenvalue weighted by Crippen LogP contribution is 2.28. The van der Waals surface area contributed by atoms with Crippen molar-refractivity contribution in [3.8, 4) is 0 Å². The summed E-state index contributed by atoms with van der Waals surface area (Å²) in [7, 11) is -3.31. The fourth-order valence-electron chi connectivity index (χ4n) is 3.67. The Kier molecular flexibility index (Phi) is 5.52. The van der Waals surface area contributed by atoms with Crippen LogP contribution in [0.4, 0.5) is 5.69 Å². The molecule has 0 radical (unpaired) electrons. The fraction of sp³-hybridized carbons (Fsp3) is 0.286. The van der Waals surface area contributed by atoms with Crippen molar-refractivity contribution in [2.24, 2.45) is 0 Å². The molecule has 1 fully saturated rings. The van der Waals surface area contributed by atoms with Crippen LogP contribution in [0.5, 0.6) is 0 Å². The molecule has 4 rings (SSSR count). The van der Waals surface area contributed by atoms with Gasteiger partial charge in [-0.25, -0.2) is 8.42 Å². The summed E-state index contributed by atoms with van der Waals surface area (Å²) in [6.45, 7) is 0.911. The standard InChI is InChI=1S/C21H22ClN3O3S/c22-19-13-16(25-11-3-4-12-29(25,27)28)7-8-18(19)21(26)23-10-9-15-14-24-20-6-2-1-5-17(15)20/h1-2,5-8,13-14,24H,3-4,9-12H2,(H,23,26). The van der Waals surface area contributed by atoms with Gasteiger partial charge in [0.25, 0.3) is 5.91 Å². The van der Waals surface area contributed by atoms with Crippen LogP contribution >= 0.6 is 11.6 Å². The molecular formula is C21H22ClN3O3S. The van der Waals surface area contributed by atoms with Gasteiger partial charge < -0.3 is 10.3 Å². The summed E-state index contributed by atoms with van der Waals surface area (Å²) in [6, 6.07) is 12.8. The maximum atomic E-state index is 12.5. The summed E-state index contributed by atoms with van der Waals surface area (Å²) in [5, 5.41) is 4.28. The highest BCUT2D eigenvalue weighted by molar-refractivity contribution is 7.92. The SMILES string of the molecule is O=C(NCCc1c[nH]c2ccccc12)c1ccc(N2CCCCS2(=O)=O)cc1Cl. The smallest absolute Gasteiger partial charge is 0.252 e. The second-order valence-corrected chi connectivity index (χ2v) is 9.54. The number of amides is 1. The second kappa shape index (κ2) is 8.08. The first-order chi connectivity index (χ1) is 14.0. The number of hydrogen-bond acceptors (Lipinski definition) is 3. The average molecular weight is 432 g/mol. The van der Waals surface area contributed by atoms with Gasteiger partial charge in [-0.15, -0.1) is 0 Å². The lowest BCUT2D eigenvalue weighted by Crippen LogP contribution is -2.37. The third-order valence-electron chi connectivity index (χ3n) is 5.19. The number of nitrogens with one attached hydrogen (secondary N) is 2. The van der Waals surface area contributed by atoms with E-state index in [4.69, 9.17) is 11.6 Å². The largest absolute Gasteiger partial charge is 0.361 e. The van der Waals surface area contributed by atoms with E-state index in [-0.39, 0.29) is 16.7 Å². The number of para-hydroxylation sites is 1. The van der Waals surface area contributed by atoms with Crippen LogP contribution in [0.3, 0.4) is 0 Å². The van der Waals surface area contributed by atoms with Gasteiger partial charge in [-0.1, -0.05) is 29.8 Å². The Morgan fingerprint density at radius 1 is 1.17 bits per heavy atom. The Morgan fingerprint density at radius 2 is 2.00 bits per heavy atom. The highest BCUT2D eigenvalue weighted by Gasteiger charge is 2.26. The van der Waals surface area contributed by atoms with E-state index in [1.54, 1.807) is 18.2 Å². The van der Waals surface area contributed by atoms with Crippen molar-refractivity contribution in [2.45, 2.75) is 19.3 Å². The summed E-state index contributed by atoms with van der Waals surface area (Å²) in [5.74, 6) is -0.136. The first kappa shape index (κ1) is 19.8. The summed E-state index contributed by atoms with van der Waals surface area (Å²) >= 11 is 6.31. The number of halogens is 1. The molecule has 0 spiro atoms. The Labute approximate surface area is 174 Å². The summed E-state index contributed by atoms with van der Waals surface area (Å²) in [6.07, 6.45) is 4.13. The Hall–Kier alpha value is -2.51. The van der Waals surface area contributed by atoms with Gasteiger partial charge in [-0.2, -0.15) is 0 Å². The summed E-state index contributed by atoms with van der Waals surface area (Å²) < 4.78 is 25.9. The van der Waals surface area contributed by atoms with E-state index in [1.165, 1.54) is 4.31 Å². The van der Waals surface area contributed by atoms with Gasteiger partial charge in [0.15, 0.2) is 0 Å². The van der Waals surface area contributed by atoms with Gasteiger partial charge >= 0.3 is 0 Å². The van der Waals surface area contributed by atoms with E-state index in [9.17, 15) is 13.2 Å². The normalized spacial score (nSPS) is 16.1. The number of sulfonamides is 1. The maximum Gasteiger partial charge on any atom is 0.252 e. The molecule has 0 bridgehead atoms. The first-order valence-electron chi connectivity index (χ1n) is 9.59. The maximum absolute atomic E-state index is 12.5. The molecule has 29 heavy (non-hydrogen) atoms. The van der Waals surface area contributed by atoms with Crippen LogP contribution in [-0.4, -0.2) is 38.2 Å². The number of nitrogens with zero attached hydrogens (tertiary/aromatic N) is 1. The number of fused-ring (bicyclic) bond motifs is 1. The van der Waals surface area contributed by atoms with Crippen LogP contribution in [-0.2, 0) is 16.4 Å². The van der Waals surface area contributed by atoms with Crippen molar-refractivity contribution in [1.82, 2.24) is 10.3 Å². The highest BCUT2D eigenvalue weighted by atomic mass is 35.5. The zero-order valence-electron chi connectivity index (χ0n) is 15.8. The molecule has 0 atom stereocenters. The van der Waals surface area contributed by atoms with Crippen LogP contribution in [0.2, 0.25) is 5.02 Å². The van der Waals surface area contributed by atoms with Crippen molar-refractivity contribution in [3.63, 3.8) is 0 Å². The minimum atomic E-state index is -3.31.